The van der Waals surface area contributed by atoms with Gasteiger partial charge in [0.2, 0.25) is 5.95 Å². The predicted molar refractivity (Wildman–Crippen MR) is 185 cm³/mol. The number of nitriles is 1. The smallest absolute Gasteiger partial charge is 0.256 e. The highest BCUT2D eigenvalue weighted by molar-refractivity contribution is 5.67. The van der Waals surface area contributed by atoms with Gasteiger partial charge in [-0.05, 0) is 63.1 Å². The summed E-state index contributed by atoms with van der Waals surface area (Å²) < 4.78 is 27.3. The molecule has 3 fully saturated rings. The summed E-state index contributed by atoms with van der Waals surface area (Å²) in [7, 11) is 1.70. The van der Waals surface area contributed by atoms with Crippen molar-refractivity contribution in [2.45, 2.75) is 89.2 Å². The Kier molecular flexibility index (Phi) is 10.5. The summed E-state index contributed by atoms with van der Waals surface area (Å²) >= 11 is 0. The molecule has 2 bridgehead atoms. The van der Waals surface area contributed by atoms with Crippen LogP contribution in [0.15, 0.2) is 49.4 Å². The maximum Gasteiger partial charge on any atom is 0.256 e. The number of rotatable bonds is 14. The molecule has 14 heteroatoms. The normalized spacial score (nSPS) is 23.2. The van der Waals surface area contributed by atoms with E-state index in [9.17, 15) is 5.26 Å². The molecule has 0 amide bonds. The Labute approximate surface area is 292 Å². The number of nitrogens with one attached hydrogen (secondary N) is 1. The first-order valence-electron chi connectivity index (χ1n) is 17.7. The number of nitrogens with zero attached hydrogens (tertiary/aromatic N) is 9. The summed E-state index contributed by atoms with van der Waals surface area (Å²) in [5.41, 5.74) is 2.80. The standard InChI is InChI=1S/C36H46N10O4/c1-24(18-47-3)19-49-35-33(17-45(43-35)29-6-8-30(9-7-29)46-31-10-11-32(46)21-48-20-31)42-36-39-14-28(15-40-36)26-4-5-27(13-37)34(12-26)50-25(2)16-44-23-38-22-41-44/h4-5,12,14-15,17,22-25,29-32H,6-11,16,18-21H2,1-3H3,(H,39,40,42)/t24?,25-,29?,30?,31-,32+/m0/s1. The van der Waals surface area contributed by atoms with Crippen molar-refractivity contribution in [1.82, 2.24) is 39.4 Å². The molecule has 4 aromatic rings. The molecule has 14 nitrogen and oxygen atoms in total. The minimum absolute atomic E-state index is 0.208. The van der Waals surface area contributed by atoms with E-state index in [0.717, 1.165) is 55.7 Å². The molecule has 3 aliphatic rings. The van der Waals surface area contributed by atoms with E-state index in [0.29, 0.717) is 67.1 Å². The van der Waals surface area contributed by atoms with Crippen LogP contribution in [0.5, 0.6) is 11.6 Å². The first-order valence-corrected chi connectivity index (χ1v) is 17.7. The summed E-state index contributed by atoms with van der Waals surface area (Å²) in [4.78, 5) is 16.0. The van der Waals surface area contributed by atoms with Crippen molar-refractivity contribution in [2.24, 2.45) is 5.92 Å². The largest absolute Gasteiger partial charge is 0.487 e. The Morgan fingerprint density at radius 2 is 1.72 bits per heavy atom. The average Bonchev–Trinajstić information content (AvgIpc) is 3.85. The van der Waals surface area contributed by atoms with Crippen LogP contribution >= 0.6 is 0 Å². The van der Waals surface area contributed by atoms with Gasteiger partial charge in [0.25, 0.3) is 5.88 Å². The van der Waals surface area contributed by atoms with Crippen LogP contribution in [0.1, 0.15) is 64.0 Å². The molecule has 264 valence electrons. The fourth-order valence-corrected chi connectivity index (χ4v) is 7.58. The van der Waals surface area contributed by atoms with Gasteiger partial charge in [-0.1, -0.05) is 13.0 Å². The van der Waals surface area contributed by atoms with Gasteiger partial charge < -0.3 is 24.3 Å². The third kappa shape index (κ3) is 7.75. The lowest BCUT2D eigenvalue weighted by molar-refractivity contribution is -0.0458. The Balaban J connectivity index is 1.04. The molecule has 2 saturated heterocycles. The number of aromatic nitrogens is 7. The lowest BCUT2D eigenvalue weighted by Gasteiger charge is -2.43. The van der Waals surface area contributed by atoms with Gasteiger partial charge in [0, 0.05) is 49.1 Å². The van der Waals surface area contributed by atoms with E-state index in [1.807, 2.05) is 25.3 Å². The van der Waals surface area contributed by atoms with Gasteiger partial charge in [-0.3, -0.25) is 9.58 Å². The zero-order valence-corrected chi connectivity index (χ0v) is 29.0. The van der Waals surface area contributed by atoms with Crippen molar-refractivity contribution in [3.05, 3.63) is 55.0 Å². The number of hydrogen-bond acceptors (Lipinski definition) is 12. The molecule has 0 radical (unpaired) electrons. The lowest BCUT2D eigenvalue weighted by Crippen LogP contribution is -2.52. The second kappa shape index (κ2) is 15.5. The molecule has 7 rings (SSSR count). The average molecular weight is 683 g/mol. The van der Waals surface area contributed by atoms with E-state index in [1.54, 1.807) is 36.6 Å². The third-order valence-corrected chi connectivity index (χ3v) is 9.99. The molecule has 4 atom stereocenters. The highest BCUT2D eigenvalue weighted by Crippen LogP contribution is 2.39. The third-order valence-electron chi connectivity index (χ3n) is 9.99. The van der Waals surface area contributed by atoms with Crippen molar-refractivity contribution in [3.63, 3.8) is 0 Å². The monoisotopic (exact) mass is 682 g/mol. The number of morpholine rings is 1. The van der Waals surface area contributed by atoms with Crippen molar-refractivity contribution in [2.75, 3.05) is 38.9 Å². The summed E-state index contributed by atoms with van der Waals surface area (Å²) in [5.74, 6) is 1.66. The molecule has 1 aliphatic carbocycles. The number of fused-ring (bicyclic) bond motifs is 2. The first kappa shape index (κ1) is 33.9. The van der Waals surface area contributed by atoms with Gasteiger partial charge in [0.05, 0.1) is 50.8 Å². The molecule has 1 aromatic carbocycles. The fourth-order valence-electron chi connectivity index (χ4n) is 7.58. The molecule has 1 saturated carbocycles. The van der Waals surface area contributed by atoms with Crippen molar-refractivity contribution in [3.8, 4) is 28.8 Å². The maximum atomic E-state index is 9.70. The van der Waals surface area contributed by atoms with E-state index in [1.165, 1.54) is 19.2 Å². The van der Waals surface area contributed by atoms with E-state index in [4.69, 9.17) is 24.0 Å². The molecule has 3 aromatic heterocycles. The van der Waals surface area contributed by atoms with Crippen LogP contribution in [-0.2, 0) is 16.0 Å². The number of methoxy groups -OCH3 is 1. The Bertz CT molecular complexity index is 1720. The summed E-state index contributed by atoms with van der Waals surface area (Å²) in [6.07, 6.45) is 15.4. The second-order valence-electron chi connectivity index (χ2n) is 13.8. The molecule has 2 aliphatic heterocycles. The van der Waals surface area contributed by atoms with E-state index in [-0.39, 0.29) is 12.0 Å². The van der Waals surface area contributed by atoms with Crippen LogP contribution < -0.4 is 14.8 Å². The lowest BCUT2D eigenvalue weighted by atomic mass is 9.89. The zero-order chi connectivity index (χ0) is 34.5. The van der Waals surface area contributed by atoms with Crippen LogP contribution in [0.2, 0.25) is 0 Å². The molecular formula is C36H46N10O4. The summed E-state index contributed by atoms with van der Waals surface area (Å²) in [6, 6.07) is 9.78. The van der Waals surface area contributed by atoms with E-state index in [2.05, 4.69) is 47.9 Å². The summed E-state index contributed by atoms with van der Waals surface area (Å²) in [5, 5.41) is 22.1. The van der Waals surface area contributed by atoms with Gasteiger partial charge in [-0.25, -0.2) is 19.6 Å². The van der Waals surface area contributed by atoms with Crippen LogP contribution in [0.4, 0.5) is 11.6 Å². The van der Waals surface area contributed by atoms with Crippen molar-refractivity contribution >= 4 is 11.6 Å². The number of benzene rings is 1. The Morgan fingerprint density at radius 3 is 2.42 bits per heavy atom. The highest BCUT2D eigenvalue weighted by Gasteiger charge is 2.42. The zero-order valence-electron chi connectivity index (χ0n) is 29.0. The molecule has 0 spiro atoms. The van der Waals surface area contributed by atoms with Gasteiger partial charge in [-0.15, -0.1) is 5.10 Å². The predicted octanol–water partition coefficient (Wildman–Crippen LogP) is 5.02. The summed E-state index contributed by atoms with van der Waals surface area (Å²) in [6.45, 7) is 7.36. The fraction of sp³-hybridized carbons (Fsp3) is 0.556. The quantitative estimate of drug-likeness (QED) is 0.190. The van der Waals surface area contributed by atoms with E-state index < -0.39 is 0 Å². The van der Waals surface area contributed by atoms with Crippen LogP contribution in [0, 0.1) is 17.2 Å². The minimum Gasteiger partial charge on any atom is -0.487 e. The van der Waals surface area contributed by atoms with Gasteiger partial charge in [0.1, 0.15) is 36.3 Å². The van der Waals surface area contributed by atoms with Crippen LogP contribution in [-0.4, -0.2) is 97.2 Å². The topological polar surface area (TPSA) is 150 Å². The van der Waals surface area contributed by atoms with Gasteiger partial charge in [0.15, 0.2) is 0 Å². The minimum atomic E-state index is -0.230. The molecular weight excluding hydrogens is 636 g/mol. The van der Waals surface area contributed by atoms with Gasteiger partial charge in [-0.2, -0.15) is 10.4 Å². The number of anilines is 2. The highest BCUT2D eigenvalue weighted by atomic mass is 16.5. The SMILES string of the molecule is COCC(C)COc1nn(C2CCC(N3[C@@H]4CC[C@H]3COC4)CC2)cc1Nc1ncc(-c2ccc(C#N)c(O[C@@H](C)Cn3cncn3)c2)cn1. The first-order chi connectivity index (χ1) is 24.5. The molecule has 1 N–H and O–H groups in total. The Hall–Kier alpha value is -4.58. The number of hydrogen-bond donors (Lipinski definition) is 1. The van der Waals surface area contributed by atoms with Gasteiger partial charge >= 0.3 is 0 Å². The number of ether oxygens (including phenoxy) is 4. The van der Waals surface area contributed by atoms with Crippen molar-refractivity contribution < 1.29 is 18.9 Å². The van der Waals surface area contributed by atoms with E-state index >= 15 is 0 Å². The van der Waals surface area contributed by atoms with Crippen LogP contribution in [0.25, 0.3) is 11.1 Å². The molecule has 50 heavy (non-hydrogen) atoms. The van der Waals surface area contributed by atoms with Crippen LogP contribution in [0.3, 0.4) is 0 Å². The molecule has 5 heterocycles. The van der Waals surface area contributed by atoms with Crippen molar-refractivity contribution in [1.29, 1.82) is 5.26 Å². The Morgan fingerprint density at radius 1 is 0.980 bits per heavy atom. The second-order valence-corrected chi connectivity index (χ2v) is 13.8. The molecule has 1 unspecified atom stereocenters. The maximum absolute atomic E-state index is 9.70.